The van der Waals surface area contributed by atoms with E-state index in [0.29, 0.717) is 0 Å². The first-order valence-corrected chi connectivity index (χ1v) is 4.35. The van der Waals surface area contributed by atoms with E-state index >= 15 is 0 Å². The molecule has 0 radical (unpaired) electrons. The first kappa shape index (κ1) is 12.2. The minimum atomic E-state index is -1.93. The summed E-state index contributed by atoms with van der Waals surface area (Å²) in [6.45, 7) is 0. The van der Waals surface area contributed by atoms with Crippen LogP contribution in [0.15, 0.2) is 24.3 Å². The molecule has 0 aliphatic rings. The summed E-state index contributed by atoms with van der Waals surface area (Å²) in [4.78, 5) is 20.9. The Morgan fingerprint density at radius 2 is 1.50 bits per heavy atom. The van der Waals surface area contributed by atoms with Crippen LogP contribution in [0.2, 0.25) is 0 Å². The molecule has 0 aliphatic heterocycles. The first-order chi connectivity index (χ1) is 7.43. The summed E-state index contributed by atoms with van der Waals surface area (Å²) in [7, 11) is 0. The number of aromatic carboxylic acids is 1. The number of carboxylic acids is 2. The van der Waals surface area contributed by atoms with E-state index in [-0.39, 0.29) is 11.1 Å². The summed E-state index contributed by atoms with van der Waals surface area (Å²) in [6, 6.07) is 4.94. The van der Waals surface area contributed by atoms with Crippen molar-refractivity contribution in [2.24, 2.45) is 0 Å². The highest BCUT2D eigenvalue weighted by Gasteiger charge is 2.24. The molecule has 1 aromatic carbocycles. The van der Waals surface area contributed by atoms with Crippen LogP contribution >= 0.6 is 0 Å². The van der Waals surface area contributed by atoms with Crippen LogP contribution in [-0.2, 0) is 4.79 Å². The van der Waals surface area contributed by atoms with Crippen molar-refractivity contribution < 1.29 is 30.0 Å². The summed E-state index contributed by atoms with van der Waals surface area (Å²) in [5.41, 5.74) is 0.153. The van der Waals surface area contributed by atoms with Gasteiger partial charge in [0.2, 0.25) is 0 Å². The van der Waals surface area contributed by atoms with Gasteiger partial charge in [0, 0.05) is 0 Å². The number of aliphatic carboxylic acids is 1. The van der Waals surface area contributed by atoms with Crippen molar-refractivity contribution in [3.63, 3.8) is 0 Å². The van der Waals surface area contributed by atoms with E-state index in [0.717, 1.165) is 0 Å². The third-order valence-corrected chi connectivity index (χ3v) is 2.05. The molecule has 0 saturated carbocycles. The Morgan fingerprint density at radius 3 is 1.88 bits per heavy atom. The van der Waals surface area contributed by atoms with Gasteiger partial charge in [-0.3, -0.25) is 0 Å². The maximum atomic E-state index is 10.5. The van der Waals surface area contributed by atoms with Gasteiger partial charge in [-0.2, -0.15) is 0 Å². The number of carbonyl (C=O) groups is 2. The van der Waals surface area contributed by atoms with Crippen molar-refractivity contribution in [3.05, 3.63) is 35.4 Å². The van der Waals surface area contributed by atoms with Crippen molar-refractivity contribution >= 4 is 11.9 Å². The predicted octanol–water partition coefficient (Wildman–Crippen LogP) is -0.136. The van der Waals surface area contributed by atoms with Crippen LogP contribution in [-0.4, -0.2) is 38.5 Å². The Balaban J connectivity index is 2.89. The van der Waals surface area contributed by atoms with Gasteiger partial charge in [0.1, 0.15) is 6.10 Å². The first-order valence-electron chi connectivity index (χ1n) is 4.35. The topological polar surface area (TPSA) is 115 Å². The largest absolute Gasteiger partial charge is 0.479 e. The van der Waals surface area contributed by atoms with E-state index < -0.39 is 24.1 Å². The molecular formula is C10H10O6. The van der Waals surface area contributed by atoms with Crippen molar-refractivity contribution in [2.45, 2.75) is 12.2 Å². The van der Waals surface area contributed by atoms with E-state index in [1.165, 1.54) is 24.3 Å². The molecule has 0 spiro atoms. The summed E-state index contributed by atoms with van der Waals surface area (Å²) in [5.74, 6) is -2.67. The maximum absolute atomic E-state index is 10.5. The average molecular weight is 226 g/mol. The Labute approximate surface area is 90.4 Å². The number of aliphatic hydroxyl groups excluding tert-OH is 2. The molecule has 0 fully saturated rings. The third-order valence-electron chi connectivity index (χ3n) is 2.05. The van der Waals surface area contributed by atoms with E-state index in [1.54, 1.807) is 0 Å². The summed E-state index contributed by atoms with van der Waals surface area (Å²) in [5, 5.41) is 35.5. The number of hydrogen-bond donors (Lipinski definition) is 4. The summed E-state index contributed by atoms with van der Waals surface area (Å²) in [6.07, 6.45) is -3.52. The third kappa shape index (κ3) is 2.56. The molecule has 0 saturated heterocycles. The molecule has 16 heavy (non-hydrogen) atoms. The Morgan fingerprint density at radius 1 is 1.00 bits per heavy atom. The standard InChI is InChI=1S/C10H10O6/c11-7(8(12)10(15)16)5-1-3-6(4-2-5)9(13)14/h1-4,7-8,11-12H,(H,13,14)(H,15,16). The molecule has 4 N–H and O–H groups in total. The van der Waals surface area contributed by atoms with Gasteiger partial charge < -0.3 is 20.4 Å². The van der Waals surface area contributed by atoms with Crippen LogP contribution in [0.25, 0.3) is 0 Å². The Kier molecular flexibility index (Phi) is 3.60. The quantitative estimate of drug-likeness (QED) is 0.568. The van der Waals surface area contributed by atoms with Gasteiger partial charge in [-0.1, -0.05) is 12.1 Å². The normalized spacial score (nSPS) is 14.1. The smallest absolute Gasteiger partial charge is 0.335 e. The van der Waals surface area contributed by atoms with Gasteiger partial charge in [0.05, 0.1) is 5.56 Å². The second kappa shape index (κ2) is 4.73. The summed E-state index contributed by atoms with van der Waals surface area (Å²) >= 11 is 0. The van der Waals surface area contributed by atoms with Gasteiger partial charge in [-0.15, -0.1) is 0 Å². The predicted molar refractivity (Wildman–Crippen MR) is 52.0 cm³/mol. The van der Waals surface area contributed by atoms with Crippen LogP contribution in [0.3, 0.4) is 0 Å². The fourth-order valence-corrected chi connectivity index (χ4v) is 1.14. The number of benzene rings is 1. The molecule has 0 amide bonds. The van der Waals surface area contributed by atoms with Crippen molar-refractivity contribution in [1.82, 2.24) is 0 Å². The van der Waals surface area contributed by atoms with E-state index in [4.69, 9.17) is 15.3 Å². The molecular weight excluding hydrogens is 216 g/mol. The maximum Gasteiger partial charge on any atom is 0.335 e. The van der Waals surface area contributed by atoms with Crippen LogP contribution in [0.4, 0.5) is 0 Å². The van der Waals surface area contributed by atoms with E-state index in [2.05, 4.69) is 0 Å². The molecule has 2 unspecified atom stereocenters. The highest BCUT2D eigenvalue weighted by Crippen LogP contribution is 2.17. The van der Waals surface area contributed by atoms with Crippen molar-refractivity contribution in [1.29, 1.82) is 0 Å². The molecule has 2 atom stereocenters. The fourth-order valence-electron chi connectivity index (χ4n) is 1.14. The number of rotatable bonds is 4. The average Bonchev–Trinajstić information content (AvgIpc) is 2.27. The molecule has 0 aliphatic carbocycles. The van der Waals surface area contributed by atoms with Gasteiger partial charge in [-0.05, 0) is 17.7 Å². The zero-order valence-electron chi connectivity index (χ0n) is 8.07. The lowest BCUT2D eigenvalue weighted by molar-refractivity contribution is -0.153. The fraction of sp³-hybridized carbons (Fsp3) is 0.200. The molecule has 0 heterocycles. The summed E-state index contributed by atoms with van der Waals surface area (Å²) < 4.78 is 0. The highest BCUT2D eigenvalue weighted by molar-refractivity contribution is 5.87. The van der Waals surface area contributed by atoms with Gasteiger partial charge in [0.25, 0.3) is 0 Å². The highest BCUT2D eigenvalue weighted by atomic mass is 16.4. The van der Waals surface area contributed by atoms with Gasteiger partial charge >= 0.3 is 11.9 Å². The zero-order chi connectivity index (χ0) is 12.3. The van der Waals surface area contributed by atoms with E-state index in [1.807, 2.05) is 0 Å². The van der Waals surface area contributed by atoms with Crippen LogP contribution in [0.5, 0.6) is 0 Å². The van der Waals surface area contributed by atoms with Gasteiger partial charge in [0.15, 0.2) is 6.10 Å². The zero-order valence-corrected chi connectivity index (χ0v) is 8.07. The minimum Gasteiger partial charge on any atom is -0.479 e. The SMILES string of the molecule is O=C(O)c1ccc(C(O)C(O)C(=O)O)cc1. The molecule has 6 heteroatoms. The molecule has 1 rings (SSSR count). The lowest BCUT2D eigenvalue weighted by Crippen LogP contribution is -2.27. The lowest BCUT2D eigenvalue weighted by Gasteiger charge is -2.14. The Bertz CT molecular complexity index is 396. The molecule has 6 nitrogen and oxygen atoms in total. The van der Waals surface area contributed by atoms with Crippen LogP contribution in [0, 0.1) is 0 Å². The second-order valence-corrected chi connectivity index (χ2v) is 3.16. The van der Waals surface area contributed by atoms with Gasteiger partial charge in [-0.25, -0.2) is 9.59 Å². The van der Waals surface area contributed by atoms with Crippen molar-refractivity contribution in [2.75, 3.05) is 0 Å². The molecule has 0 bridgehead atoms. The number of hydrogen-bond acceptors (Lipinski definition) is 4. The monoisotopic (exact) mass is 226 g/mol. The number of carboxylic acid groups (broad SMARTS) is 2. The van der Waals surface area contributed by atoms with Crippen LogP contribution in [0.1, 0.15) is 22.0 Å². The Hall–Kier alpha value is -1.92. The lowest BCUT2D eigenvalue weighted by atomic mass is 10.0. The number of aliphatic hydroxyl groups is 2. The molecule has 0 aromatic heterocycles. The second-order valence-electron chi connectivity index (χ2n) is 3.16. The van der Waals surface area contributed by atoms with E-state index in [9.17, 15) is 14.7 Å². The van der Waals surface area contributed by atoms with Crippen molar-refractivity contribution in [3.8, 4) is 0 Å². The molecule has 86 valence electrons. The molecule has 1 aromatic rings. The van der Waals surface area contributed by atoms with Crippen LogP contribution < -0.4 is 0 Å². The minimum absolute atomic E-state index is 0.0146.